The summed E-state index contributed by atoms with van der Waals surface area (Å²) in [6.45, 7) is 12.4. The van der Waals surface area contributed by atoms with Crippen LogP contribution in [-0.4, -0.2) is 81.3 Å². The van der Waals surface area contributed by atoms with Gasteiger partial charge in [0.25, 0.3) is 0 Å². The van der Waals surface area contributed by atoms with Crippen molar-refractivity contribution in [3.63, 3.8) is 0 Å². The van der Waals surface area contributed by atoms with Crippen LogP contribution in [0.1, 0.15) is 13.8 Å². The Kier molecular flexibility index (Phi) is 11.6. The predicted molar refractivity (Wildman–Crippen MR) is 120 cm³/mol. The van der Waals surface area contributed by atoms with E-state index in [0.717, 1.165) is 51.8 Å². The molecule has 1 atom stereocenters. The summed E-state index contributed by atoms with van der Waals surface area (Å²) >= 11 is 0. The Bertz CT molecular complexity index is 550. The molecule has 1 unspecified atom stereocenters. The van der Waals surface area contributed by atoms with Crippen LogP contribution in [0.4, 0.5) is 4.39 Å². The zero-order valence-corrected chi connectivity index (χ0v) is 18.9. The molecule has 1 aliphatic heterocycles. The first-order chi connectivity index (χ1) is 12.6. The Morgan fingerprint density at radius 1 is 1.15 bits per heavy atom. The average Bonchev–Trinajstić information content (AvgIpc) is 2.67. The Labute approximate surface area is 179 Å². The molecule has 27 heavy (non-hydrogen) atoms. The lowest BCUT2D eigenvalue weighted by Gasteiger charge is -2.34. The normalized spacial score (nSPS) is 17.1. The van der Waals surface area contributed by atoms with E-state index in [4.69, 9.17) is 4.74 Å². The summed E-state index contributed by atoms with van der Waals surface area (Å²) in [5, 5.41) is 6.61. The van der Waals surface area contributed by atoms with E-state index >= 15 is 0 Å². The predicted octanol–water partition coefficient (Wildman–Crippen LogP) is 2.01. The average molecular weight is 493 g/mol. The zero-order chi connectivity index (χ0) is 18.8. The van der Waals surface area contributed by atoms with Crippen LogP contribution in [0.15, 0.2) is 29.3 Å². The molecule has 6 nitrogen and oxygen atoms in total. The zero-order valence-electron chi connectivity index (χ0n) is 16.6. The summed E-state index contributed by atoms with van der Waals surface area (Å²) in [5.74, 6) is 1.17. The summed E-state index contributed by atoms with van der Waals surface area (Å²) < 4.78 is 18.7. The van der Waals surface area contributed by atoms with Gasteiger partial charge in [-0.2, -0.15) is 0 Å². The second kappa shape index (κ2) is 13.1. The molecule has 0 bridgehead atoms. The van der Waals surface area contributed by atoms with Gasteiger partial charge in [0.15, 0.2) is 5.96 Å². The van der Waals surface area contributed by atoms with Crippen LogP contribution in [0.5, 0.6) is 5.75 Å². The molecule has 1 heterocycles. The van der Waals surface area contributed by atoms with Gasteiger partial charge in [-0.3, -0.25) is 9.89 Å². The highest BCUT2D eigenvalue weighted by Crippen LogP contribution is 2.12. The first-order valence-corrected chi connectivity index (χ1v) is 9.42. The largest absolute Gasteiger partial charge is 0.489 e. The number of aliphatic imine (C=N–C) groups is 1. The summed E-state index contributed by atoms with van der Waals surface area (Å²) in [5.41, 5.74) is 0. The molecule has 1 saturated heterocycles. The Morgan fingerprint density at radius 2 is 1.78 bits per heavy atom. The quantitative estimate of drug-likeness (QED) is 0.330. The molecule has 2 rings (SSSR count). The van der Waals surface area contributed by atoms with Crippen molar-refractivity contribution in [3.8, 4) is 5.75 Å². The number of hydrogen-bond acceptors (Lipinski definition) is 4. The van der Waals surface area contributed by atoms with E-state index in [9.17, 15) is 4.39 Å². The third-order valence-electron chi connectivity index (χ3n) is 4.56. The molecule has 1 fully saturated rings. The molecule has 8 heteroatoms. The number of ether oxygens (including phenoxy) is 1. The summed E-state index contributed by atoms with van der Waals surface area (Å²) in [7, 11) is 1.76. The van der Waals surface area contributed by atoms with Crippen molar-refractivity contribution >= 4 is 29.9 Å². The van der Waals surface area contributed by atoms with E-state index in [1.165, 1.54) is 12.1 Å². The van der Waals surface area contributed by atoms with Crippen LogP contribution >= 0.6 is 24.0 Å². The highest BCUT2D eigenvalue weighted by Gasteiger charge is 2.14. The van der Waals surface area contributed by atoms with Gasteiger partial charge in [-0.15, -0.1) is 24.0 Å². The third kappa shape index (κ3) is 9.07. The van der Waals surface area contributed by atoms with E-state index in [-0.39, 0.29) is 35.9 Å². The third-order valence-corrected chi connectivity index (χ3v) is 4.56. The highest BCUT2D eigenvalue weighted by atomic mass is 127. The van der Waals surface area contributed by atoms with Crippen LogP contribution < -0.4 is 15.4 Å². The van der Waals surface area contributed by atoms with Gasteiger partial charge in [0, 0.05) is 46.3 Å². The van der Waals surface area contributed by atoms with Crippen LogP contribution in [0.3, 0.4) is 0 Å². The molecule has 0 aromatic heterocycles. The number of guanidine groups is 1. The van der Waals surface area contributed by atoms with E-state index in [1.54, 1.807) is 19.2 Å². The fourth-order valence-corrected chi connectivity index (χ4v) is 2.91. The Hall–Kier alpha value is -1.13. The van der Waals surface area contributed by atoms with E-state index in [1.807, 2.05) is 6.92 Å². The van der Waals surface area contributed by atoms with E-state index in [2.05, 4.69) is 32.3 Å². The summed E-state index contributed by atoms with van der Waals surface area (Å²) in [4.78, 5) is 9.21. The van der Waals surface area contributed by atoms with Gasteiger partial charge in [-0.1, -0.05) is 6.92 Å². The topological polar surface area (TPSA) is 52.1 Å². The van der Waals surface area contributed by atoms with Crippen LogP contribution in [-0.2, 0) is 0 Å². The fraction of sp³-hybridized carbons (Fsp3) is 0.632. The number of benzene rings is 1. The first-order valence-electron chi connectivity index (χ1n) is 9.42. The molecule has 0 radical (unpaired) electrons. The number of piperazine rings is 1. The Balaban J connectivity index is 0.00000364. The number of rotatable bonds is 8. The number of hydrogen-bond donors (Lipinski definition) is 2. The number of halogens is 2. The molecule has 1 aliphatic rings. The van der Waals surface area contributed by atoms with Gasteiger partial charge in [0.2, 0.25) is 0 Å². The summed E-state index contributed by atoms with van der Waals surface area (Å²) in [6.07, 6.45) is -0.0545. The van der Waals surface area contributed by atoms with Gasteiger partial charge in [-0.05, 0) is 37.7 Å². The number of nitrogens with zero attached hydrogens (tertiary/aromatic N) is 3. The molecule has 0 saturated carbocycles. The van der Waals surface area contributed by atoms with Crippen molar-refractivity contribution in [2.45, 2.75) is 20.0 Å². The first kappa shape index (κ1) is 23.9. The smallest absolute Gasteiger partial charge is 0.191 e. The van der Waals surface area contributed by atoms with Gasteiger partial charge < -0.3 is 20.3 Å². The minimum atomic E-state index is -0.260. The lowest BCUT2D eigenvalue weighted by molar-refractivity contribution is 0.139. The van der Waals surface area contributed by atoms with Crippen molar-refractivity contribution in [3.05, 3.63) is 30.1 Å². The van der Waals surface area contributed by atoms with E-state index < -0.39 is 0 Å². The molecule has 2 N–H and O–H groups in total. The van der Waals surface area contributed by atoms with Gasteiger partial charge in [0.1, 0.15) is 17.7 Å². The molecular formula is C19H33FIN5O. The number of nitrogens with one attached hydrogen (secondary N) is 2. The second-order valence-electron chi connectivity index (χ2n) is 6.54. The lowest BCUT2D eigenvalue weighted by Crippen LogP contribution is -2.49. The molecular weight excluding hydrogens is 460 g/mol. The van der Waals surface area contributed by atoms with Crippen LogP contribution in [0.25, 0.3) is 0 Å². The van der Waals surface area contributed by atoms with Crippen molar-refractivity contribution in [2.24, 2.45) is 4.99 Å². The van der Waals surface area contributed by atoms with Crippen LogP contribution in [0.2, 0.25) is 0 Å². The van der Waals surface area contributed by atoms with E-state index in [0.29, 0.717) is 12.3 Å². The van der Waals surface area contributed by atoms with Crippen molar-refractivity contribution in [1.29, 1.82) is 0 Å². The van der Waals surface area contributed by atoms with Crippen LogP contribution in [0, 0.1) is 5.82 Å². The molecule has 1 aromatic carbocycles. The molecule has 154 valence electrons. The van der Waals surface area contributed by atoms with Gasteiger partial charge in [-0.25, -0.2) is 4.39 Å². The van der Waals surface area contributed by atoms with Crippen molar-refractivity contribution < 1.29 is 9.13 Å². The minimum Gasteiger partial charge on any atom is -0.489 e. The minimum absolute atomic E-state index is 0. The molecule has 0 amide bonds. The van der Waals surface area contributed by atoms with Crippen molar-refractivity contribution in [1.82, 2.24) is 20.4 Å². The maximum atomic E-state index is 12.9. The maximum Gasteiger partial charge on any atom is 0.191 e. The molecule has 1 aromatic rings. The standard InChI is InChI=1S/C19H32FN5O.HI/c1-4-24-11-13-25(14-12-24)10-9-22-19(21-3)23-15-16(2)26-18-7-5-17(20)6-8-18;/h5-8,16H,4,9-15H2,1-3H3,(H2,21,22,23);1H. The fourth-order valence-electron chi connectivity index (χ4n) is 2.91. The lowest BCUT2D eigenvalue weighted by atomic mass is 10.3. The molecule has 0 aliphatic carbocycles. The maximum absolute atomic E-state index is 12.9. The monoisotopic (exact) mass is 493 g/mol. The second-order valence-corrected chi connectivity index (χ2v) is 6.54. The summed E-state index contributed by atoms with van der Waals surface area (Å²) in [6, 6.07) is 6.07. The van der Waals surface area contributed by atoms with Gasteiger partial charge >= 0.3 is 0 Å². The highest BCUT2D eigenvalue weighted by molar-refractivity contribution is 14.0. The Morgan fingerprint density at radius 3 is 2.37 bits per heavy atom. The van der Waals surface area contributed by atoms with Crippen molar-refractivity contribution in [2.75, 3.05) is 59.4 Å². The number of likely N-dealkylation sites (N-methyl/N-ethyl adjacent to an activating group) is 1. The SMILES string of the molecule is CCN1CCN(CCNC(=NC)NCC(C)Oc2ccc(F)cc2)CC1.I. The molecule has 0 spiro atoms. The van der Waals surface area contributed by atoms with Gasteiger partial charge in [0.05, 0.1) is 6.54 Å².